The van der Waals surface area contributed by atoms with Gasteiger partial charge in [-0.05, 0) is 62.7 Å². The minimum Gasteiger partial charge on any atom is -0.493 e. The predicted octanol–water partition coefficient (Wildman–Crippen LogP) is 3.27. The first kappa shape index (κ1) is 21.4. The molecule has 6 nitrogen and oxygen atoms in total. The van der Waals surface area contributed by atoms with Gasteiger partial charge in [-0.2, -0.15) is 4.31 Å². The Hall–Kier alpha value is -1.31. The van der Waals surface area contributed by atoms with Crippen molar-refractivity contribution in [2.75, 3.05) is 40.4 Å². The molecule has 2 aliphatic rings. The highest BCUT2D eigenvalue weighted by Crippen LogP contribution is 2.33. The Bertz CT molecular complexity index is 724. The van der Waals surface area contributed by atoms with Gasteiger partial charge in [0.25, 0.3) is 0 Å². The molecule has 2 heterocycles. The molecule has 1 N–H and O–H groups in total. The minimum atomic E-state index is -3.49. The van der Waals surface area contributed by atoms with Crippen LogP contribution < -0.4 is 14.8 Å². The maximum absolute atomic E-state index is 13.0. The zero-order valence-corrected chi connectivity index (χ0v) is 18.0. The van der Waals surface area contributed by atoms with E-state index in [1.54, 1.807) is 29.6 Å². The molecule has 0 atom stereocenters. The zero-order chi connectivity index (χ0) is 20.0. The summed E-state index contributed by atoms with van der Waals surface area (Å²) in [7, 11) is -0.429. The molecule has 158 valence electrons. The van der Waals surface area contributed by atoms with E-state index in [4.69, 9.17) is 9.47 Å². The van der Waals surface area contributed by atoms with Crippen LogP contribution in [0.2, 0.25) is 0 Å². The van der Waals surface area contributed by atoms with Gasteiger partial charge in [0, 0.05) is 19.2 Å². The van der Waals surface area contributed by atoms with Crippen LogP contribution in [0, 0.1) is 11.8 Å². The summed E-state index contributed by atoms with van der Waals surface area (Å²) in [6.07, 6.45) is 8.36. The van der Waals surface area contributed by atoms with E-state index in [0.29, 0.717) is 30.5 Å². The van der Waals surface area contributed by atoms with Crippen molar-refractivity contribution in [2.24, 2.45) is 11.8 Å². The lowest BCUT2D eigenvalue weighted by molar-refractivity contribution is 0.250. The molecular weight excluding hydrogens is 376 g/mol. The van der Waals surface area contributed by atoms with Gasteiger partial charge in [-0.15, -0.1) is 0 Å². The number of hydrogen-bond donors (Lipinski definition) is 1. The van der Waals surface area contributed by atoms with Crippen molar-refractivity contribution in [3.63, 3.8) is 0 Å². The van der Waals surface area contributed by atoms with Gasteiger partial charge < -0.3 is 14.8 Å². The molecule has 0 bridgehead atoms. The van der Waals surface area contributed by atoms with Crippen LogP contribution in [0.5, 0.6) is 11.5 Å². The summed E-state index contributed by atoms with van der Waals surface area (Å²) in [6.45, 7) is 3.54. The fourth-order valence-electron chi connectivity index (χ4n) is 4.43. The molecule has 2 saturated heterocycles. The molecule has 0 saturated carbocycles. The summed E-state index contributed by atoms with van der Waals surface area (Å²) >= 11 is 0. The van der Waals surface area contributed by atoms with Crippen molar-refractivity contribution in [1.82, 2.24) is 9.62 Å². The Labute approximate surface area is 169 Å². The van der Waals surface area contributed by atoms with E-state index in [-0.39, 0.29) is 4.90 Å². The fourth-order valence-corrected chi connectivity index (χ4v) is 5.92. The van der Waals surface area contributed by atoms with E-state index in [1.807, 2.05) is 0 Å². The van der Waals surface area contributed by atoms with Crippen molar-refractivity contribution < 1.29 is 17.9 Å². The second-order valence-corrected chi connectivity index (χ2v) is 9.93. The SMILES string of the molecule is COc1ccc(S(=O)(=O)N2CCC(CCCC3CCNCC3)CC2)cc1OC. The summed E-state index contributed by atoms with van der Waals surface area (Å²) < 4.78 is 38.1. The lowest BCUT2D eigenvalue weighted by Gasteiger charge is -2.31. The second kappa shape index (κ2) is 9.94. The van der Waals surface area contributed by atoms with Crippen LogP contribution in [0.1, 0.15) is 44.9 Å². The quantitative estimate of drug-likeness (QED) is 0.712. The molecule has 3 rings (SSSR count). The van der Waals surface area contributed by atoms with Crippen molar-refractivity contribution in [3.05, 3.63) is 18.2 Å². The Morgan fingerprint density at radius 1 is 0.964 bits per heavy atom. The van der Waals surface area contributed by atoms with E-state index < -0.39 is 10.0 Å². The van der Waals surface area contributed by atoms with Crippen molar-refractivity contribution >= 4 is 10.0 Å². The number of sulfonamides is 1. The van der Waals surface area contributed by atoms with E-state index in [0.717, 1.165) is 31.8 Å². The van der Waals surface area contributed by atoms with Gasteiger partial charge in [0.05, 0.1) is 19.1 Å². The van der Waals surface area contributed by atoms with Crippen LogP contribution in [0.3, 0.4) is 0 Å². The van der Waals surface area contributed by atoms with E-state index in [2.05, 4.69) is 5.32 Å². The average molecular weight is 411 g/mol. The highest BCUT2D eigenvalue weighted by Gasteiger charge is 2.30. The van der Waals surface area contributed by atoms with Gasteiger partial charge in [0.2, 0.25) is 10.0 Å². The third-order valence-electron chi connectivity index (χ3n) is 6.25. The molecule has 2 fully saturated rings. The highest BCUT2D eigenvalue weighted by molar-refractivity contribution is 7.89. The number of nitrogens with one attached hydrogen (secondary N) is 1. The number of hydrogen-bond acceptors (Lipinski definition) is 5. The summed E-state index contributed by atoms with van der Waals surface area (Å²) in [5, 5.41) is 3.42. The molecule has 0 amide bonds. The number of rotatable bonds is 8. The number of piperidine rings is 2. The Balaban J connectivity index is 1.50. The molecule has 7 heteroatoms. The van der Waals surface area contributed by atoms with Crippen LogP contribution in [0.25, 0.3) is 0 Å². The van der Waals surface area contributed by atoms with Crippen molar-refractivity contribution in [2.45, 2.75) is 49.8 Å². The van der Waals surface area contributed by atoms with Gasteiger partial charge in [-0.3, -0.25) is 0 Å². The molecule has 0 aliphatic carbocycles. The zero-order valence-electron chi connectivity index (χ0n) is 17.2. The van der Waals surface area contributed by atoms with Crippen LogP contribution in [-0.4, -0.2) is 53.1 Å². The van der Waals surface area contributed by atoms with Crippen LogP contribution >= 0.6 is 0 Å². The second-order valence-electron chi connectivity index (χ2n) is 7.99. The minimum absolute atomic E-state index is 0.273. The lowest BCUT2D eigenvalue weighted by atomic mass is 9.87. The lowest BCUT2D eigenvalue weighted by Crippen LogP contribution is -2.38. The van der Waals surface area contributed by atoms with E-state index >= 15 is 0 Å². The summed E-state index contributed by atoms with van der Waals surface area (Å²) in [5.74, 6) is 2.51. The number of benzene rings is 1. The van der Waals surface area contributed by atoms with Crippen LogP contribution in [0.15, 0.2) is 23.1 Å². The molecule has 1 aromatic rings. The monoisotopic (exact) mass is 410 g/mol. The van der Waals surface area contributed by atoms with Gasteiger partial charge in [-0.1, -0.05) is 19.3 Å². The number of nitrogens with zero attached hydrogens (tertiary/aromatic N) is 1. The summed E-state index contributed by atoms with van der Waals surface area (Å²) in [5.41, 5.74) is 0. The largest absolute Gasteiger partial charge is 0.493 e. The maximum Gasteiger partial charge on any atom is 0.243 e. The van der Waals surface area contributed by atoms with Gasteiger partial charge in [-0.25, -0.2) is 8.42 Å². The highest BCUT2D eigenvalue weighted by atomic mass is 32.2. The first-order chi connectivity index (χ1) is 13.5. The molecular formula is C21H34N2O4S. The first-order valence-corrected chi connectivity index (χ1v) is 11.9. The standard InChI is InChI=1S/C21H34N2O4S/c1-26-20-7-6-19(16-21(20)27-2)28(24,25)23-14-10-18(11-15-23)5-3-4-17-8-12-22-13-9-17/h6-7,16-18,22H,3-5,8-15H2,1-2H3. The van der Waals surface area contributed by atoms with Crippen molar-refractivity contribution in [1.29, 1.82) is 0 Å². The molecule has 0 unspecified atom stereocenters. The van der Waals surface area contributed by atoms with Gasteiger partial charge in [0.15, 0.2) is 11.5 Å². The summed E-state index contributed by atoms with van der Waals surface area (Å²) in [6, 6.07) is 4.81. The Kier molecular flexibility index (Phi) is 7.60. The molecule has 0 spiro atoms. The smallest absolute Gasteiger partial charge is 0.243 e. The third kappa shape index (κ3) is 5.19. The average Bonchev–Trinajstić information content (AvgIpc) is 2.74. The molecule has 0 radical (unpaired) electrons. The first-order valence-electron chi connectivity index (χ1n) is 10.5. The Morgan fingerprint density at radius 3 is 2.18 bits per heavy atom. The molecule has 1 aromatic carbocycles. The fraction of sp³-hybridized carbons (Fsp3) is 0.714. The maximum atomic E-state index is 13.0. The Morgan fingerprint density at radius 2 is 1.57 bits per heavy atom. The van der Waals surface area contributed by atoms with Crippen molar-refractivity contribution in [3.8, 4) is 11.5 Å². The van der Waals surface area contributed by atoms with Crippen LogP contribution in [-0.2, 0) is 10.0 Å². The molecule has 2 aliphatic heterocycles. The third-order valence-corrected chi connectivity index (χ3v) is 8.14. The van der Waals surface area contributed by atoms with Crippen LogP contribution in [0.4, 0.5) is 0 Å². The normalized spacial score (nSPS) is 20.2. The van der Waals surface area contributed by atoms with Gasteiger partial charge >= 0.3 is 0 Å². The predicted molar refractivity (Wildman–Crippen MR) is 110 cm³/mol. The van der Waals surface area contributed by atoms with E-state index in [9.17, 15) is 8.42 Å². The van der Waals surface area contributed by atoms with E-state index in [1.165, 1.54) is 39.2 Å². The number of methoxy groups -OCH3 is 2. The summed E-state index contributed by atoms with van der Waals surface area (Å²) in [4.78, 5) is 0.273. The molecule has 28 heavy (non-hydrogen) atoms. The number of ether oxygens (including phenoxy) is 2. The molecule has 0 aromatic heterocycles. The van der Waals surface area contributed by atoms with Gasteiger partial charge in [0.1, 0.15) is 0 Å². The topological polar surface area (TPSA) is 67.9 Å².